The van der Waals surface area contributed by atoms with Crippen molar-refractivity contribution in [3.05, 3.63) is 126 Å². The van der Waals surface area contributed by atoms with Crippen LogP contribution < -0.4 is 16.0 Å². The van der Waals surface area contributed by atoms with Gasteiger partial charge in [0.15, 0.2) is 0 Å². The summed E-state index contributed by atoms with van der Waals surface area (Å²) in [5.74, 6) is 0.800. The third kappa shape index (κ3) is 5.22. The molecule has 1 aliphatic heterocycles. The highest BCUT2D eigenvalue weighted by molar-refractivity contribution is 6.07. The molecule has 0 bridgehead atoms. The first-order valence-corrected chi connectivity index (χ1v) is 12.3. The first kappa shape index (κ1) is 22.7. The second-order valence-electron chi connectivity index (χ2n) is 9.22. The summed E-state index contributed by atoms with van der Waals surface area (Å²) in [5, 5.41) is 3.00. The monoisotopic (exact) mass is 461 g/mol. The van der Waals surface area contributed by atoms with Gasteiger partial charge in [0.1, 0.15) is 0 Å². The zero-order valence-corrected chi connectivity index (χ0v) is 19.8. The molecule has 0 spiro atoms. The second kappa shape index (κ2) is 10.5. The molecular formula is C31H31N3O. The number of hydrogen-bond acceptors (Lipinski definition) is 3. The lowest BCUT2D eigenvalue weighted by Crippen LogP contribution is -2.36. The lowest BCUT2D eigenvalue weighted by Gasteiger charge is -2.38. The van der Waals surface area contributed by atoms with E-state index in [1.165, 1.54) is 11.1 Å². The van der Waals surface area contributed by atoms with Crippen LogP contribution in [-0.2, 0) is 0 Å². The van der Waals surface area contributed by atoms with Crippen molar-refractivity contribution in [2.45, 2.75) is 18.8 Å². The van der Waals surface area contributed by atoms with Crippen molar-refractivity contribution >= 4 is 23.0 Å². The topological polar surface area (TPSA) is 58.4 Å². The number of benzene rings is 4. The van der Waals surface area contributed by atoms with Crippen molar-refractivity contribution < 1.29 is 4.79 Å². The average molecular weight is 462 g/mol. The molecule has 1 amide bonds. The highest BCUT2D eigenvalue weighted by Crippen LogP contribution is 2.39. The molecule has 0 aliphatic carbocycles. The van der Waals surface area contributed by atoms with Crippen LogP contribution in [0.3, 0.4) is 0 Å². The normalized spacial score (nSPS) is 14.1. The standard InChI is InChI=1S/C31H31N3O/c32-29-17-8-7-16-28(29)31(35)33-26-14-9-15-27(22-26)34-20-18-25(19-21-34)30(23-10-3-1-4-11-23)24-12-5-2-6-13-24/h1-17,22,25,30H,18-21,32H2,(H,33,35). The first-order valence-electron chi connectivity index (χ1n) is 12.3. The summed E-state index contributed by atoms with van der Waals surface area (Å²) in [4.78, 5) is 15.1. The van der Waals surface area contributed by atoms with Crippen LogP contribution in [0, 0.1) is 5.92 Å². The summed E-state index contributed by atoms with van der Waals surface area (Å²) in [5.41, 5.74) is 11.6. The maximum absolute atomic E-state index is 12.7. The summed E-state index contributed by atoms with van der Waals surface area (Å²) >= 11 is 0. The molecule has 1 saturated heterocycles. The average Bonchev–Trinajstić information content (AvgIpc) is 2.91. The van der Waals surface area contributed by atoms with Gasteiger partial charge in [0, 0.05) is 36.1 Å². The number of para-hydroxylation sites is 1. The van der Waals surface area contributed by atoms with Crippen molar-refractivity contribution in [1.82, 2.24) is 0 Å². The van der Waals surface area contributed by atoms with E-state index >= 15 is 0 Å². The number of carbonyl (C=O) groups excluding carboxylic acids is 1. The molecule has 0 saturated carbocycles. The largest absolute Gasteiger partial charge is 0.398 e. The van der Waals surface area contributed by atoms with Crippen LogP contribution in [0.25, 0.3) is 0 Å². The van der Waals surface area contributed by atoms with Gasteiger partial charge in [-0.15, -0.1) is 0 Å². The van der Waals surface area contributed by atoms with Gasteiger partial charge in [-0.1, -0.05) is 78.9 Å². The van der Waals surface area contributed by atoms with E-state index in [-0.39, 0.29) is 5.91 Å². The summed E-state index contributed by atoms with van der Waals surface area (Å²) in [6.45, 7) is 1.98. The van der Waals surface area contributed by atoms with Crippen molar-refractivity contribution in [2.24, 2.45) is 5.92 Å². The Balaban J connectivity index is 1.29. The van der Waals surface area contributed by atoms with Gasteiger partial charge in [-0.2, -0.15) is 0 Å². The lowest BCUT2D eigenvalue weighted by atomic mass is 9.76. The van der Waals surface area contributed by atoms with Gasteiger partial charge in [0.05, 0.1) is 5.56 Å². The minimum absolute atomic E-state index is 0.187. The molecule has 0 atom stereocenters. The predicted octanol–water partition coefficient (Wildman–Crippen LogP) is 6.57. The molecule has 35 heavy (non-hydrogen) atoms. The van der Waals surface area contributed by atoms with E-state index in [1.807, 2.05) is 24.3 Å². The molecule has 1 fully saturated rings. The maximum Gasteiger partial charge on any atom is 0.257 e. The van der Waals surface area contributed by atoms with E-state index < -0.39 is 0 Å². The van der Waals surface area contributed by atoms with Crippen LogP contribution in [-0.4, -0.2) is 19.0 Å². The van der Waals surface area contributed by atoms with Crippen molar-refractivity contribution in [3.8, 4) is 0 Å². The number of nitrogens with two attached hydrogens (primary N) is 1. The molecule has 5 rings (SSSR count). The third-order valence-electron chi connectivity index (χ3n) is 7.00. The van der Waals surface area contributed by atoms with Gasteiger partial charge in [-0.25, -0.2) is 0 Å². The van der Waals surface area contributed by atoms with E-state index in [4.69, 9.17) is 5.73 Å². The number of hydrogen-bond donors (Lipinski definition) is 2. The Kier molecular flexibility index (Phi) is 6.80. The molecule has 1 aliphatic rings. The van der Waals surface area contributed by atoms with Crippen LogP contribution in [0.4, 0.5) is 17.1 Å². The zero-order valence-electron chi connectivity index (χ0n) is 19.8. The summed E-state index contributed by atoms with van der Waals surface area (Å²) < 4.78 is 0. The lowest BCUT2D eigenvalue weighted by molar-refractivity contribution is 0.102. The Bertz CT molecular complexity index is 1230. The highest BCUT2D eigenvalue weighted by Gasteiger charge is 2.29. The predicted molar refractivity (Wildman–Crippen MR) is 145 cm³/mol. The minimum Gasteiger partial charge on any atom is -0.398 e. The molecule has 4 nitrogen and oxygen atoms in total. The highest BCUT2D eigenvalue weighted by atomic mass is 16.1. The smallest absolute Gasteiger partial charge is 0.257 e. The molecule has 4 aromatic carbocycles. The molecule has 0 radical (unpaired) electrons. The van der Waals surface area contributed by atoms with E-state index in [0.717, 1.165) is 37.3 Å². The van der Waals surface area contributed by atoms with Crippen LogP contribution in [0.1, 0.15) is 40.2 Å². The van der Waals surface area contributed by atoms with Crippen LogP contribution in [0.2, 0.25) is 0 Å². The fourth-order valence-electron chi connectivity index (χ4n) is 5.23. The van der Waals surface area contributed by atoms with Crippen LogP contribution in [0.5, 0.6) is 0 Å². The van der Waals surface area contributed by atoms with Gasteiger partial charge < -0.3 is 16.0 Å². The minimum atomic E-state index is -0.187. The van der Waals surface area contributed by atoms with Crippen molar-refractivity contribution in [2.75, 3.05) is 29.0 Å². The Labute approximate surface area is 207 Å². The van der Waals surface area contributed by atoms with Gasteiger partial charge >= 0.3 is 0 Å². The summed E-state index contributed by atoms with van der Waals surface area (Å²) in [7, 11) is 0. The Morgan fingerprint density at radius 2 is 1.37 bits per heavy atom. The van der Waals surface area contributed by atoms with E-state index in [2.05, 4.69) is 83.0 Å². The Morgan fingerprint density at radius 3 is 2.00 bits per heavy atom. The third-order valence-corrected chi connectivity index (χ3v) is 7.00. The molecule has 0 aromatic heterocycles. The number of piperidine rings is 1. The molecule has 176 valence electrons. The fraction of sp³-hybridized carbons (Fsp3) is 0.194. The van der Waals surface area contributed by atoms with Gasteiger partial charge in [-0.3, -0.25) is 4.79 Å². The number of nitrogens with zero attached hydrogens (tertiary/aromatic N) is 1. The van der Waals surface area contributed by atoms with Crippen molar-refractivity contribution in [1.29, 1.82) is 0 Å². The van der Waals surface area contributed by atoms with Crippen LogP contribution in [0.15, 0.2) is 109 Å². The molecule has 4 heteroatoms. The fourth-order valence-corrected chi connectivity index (χ4v) is 5.23. The number of carbonyl (C=O) groups is 1. The van der Waals surface area contributed by atoms with E-state index in [0.29, 0.717) is 23.1 Å². The quantitative estimate of drug-likeness (QED) is 0.319. The number of anilines is 3. The number of amides is 1. The first-order chi connectivity index (χ1) is 17.2. The molecule has 3 N–H and O–H groups in total. The Hall–Kier alpha value is -4.05. The zero-order chi connectivity index (χ0) is 24.0. The number of rotatable bonds is 6. The number of nitrogens with one attached hydrogen (secondary N) is 1. The maximum atomic E-state index is 12.7. The molecule has 0 unspecified atom stereocenters. The van der Waals surface area contributed by atoms with Gasteiger partial charge in [0.25, 0.3) is 5.91 Å². The van der Waals surface area contributed by atoms with Crippen LogP contribution >= 0.6 is 0 Å². The molecular weight excluding hydrogens is 430 g/mol. The molecule has 1 heterocycles. The van der Waals surface area contributed by atoms with E-state index in [9.17, 15) is 4.79 Å². The second-order valence-corrected chi connectivity index (χ2v) is 9.22. The summed E-state index contributed by atoms with van der Waals surface area (Å²) in [6, 6.07) is 37.0. The number of nitrogen functional groups attached to an aromatic ring is 1. The SMILES string of the molecule is Nc1ccccc1C(=O)Nc1cccc(N2CCC(C(c3ccccc3)c3ccccc3)CC2)c1. The van der Waals surface area contributed by atoms with E-state index in [1.54, 1.807) is 12.1 Å². The molecule has 4 aromatic rings. The van der Waals surface area contributed by atoms with Gasteiger partial charge in [0.2, 0.25) is 0 Å². The van der Waals surface area contributed by atoms with Crippen molar-refractivity contribution in [3.63, 3.8) is 0 Å². The summed E-state index contributed by atoms with van der Waals surface area (Å²) in [6.07, 6.45) is 2.23. The van der Waals surface area contributed by atoms with Gasteiger partial charge in [-0.05, 0) is 60.2 Å². The Morgan fingerprint density at radius 1 is 0.771 bits per heavy atom.